The van der Waals surface area contributed by atoms with E-state index in [1.807, 2.05) is 6.08 Å². The molecule has 27 heavy (non-hydrogen) atoms. The van der Waals surface area contributed by atoms with Crippen molar-refractivity contribution in [3.63, 3.8) is 0 Å². The molecule has 4 heteroatoms. The molecule has 0 aromatic carbocycles. The summed E-state index contributed by atoms with van der Waals surface area (Å²) in [5, 5.41) is 0. The van der Waals surface area contributed by atoms with Gasteiger partial charge in [0.15, 0.2) is 0 Å². The fourth-order valence-electron chi connectivity index (χ4n) is 2.18. The van der Waals surface area contributed by atoms with Crippen molar-refractivity contribution in [3.8, 4) is 0 Å². The van der Waals surface area contributed by atoms with Crippen molar-refractivity contribution >= 4 is 11.9 Å². The standard InChI is InChI=1S/C23H37NO3/c1-3-4-5-6-7-8-9-10-11-12-13-14-15-16-17-18-19-20-22(25)27-23(26)21(2)24/h7-8,10-11,13-14,16-17,21H,3-6,9,12,15,18-20,24H2,1-2H3/t21-/m0/s1. The van der Waals surface area contributed by atoms with Crippen LogP contribution in [0.25, 0.3) is 0 Å². The Morgan fingerprint density at radius 3 is 1.78 bits per heavy atom. The Kier molecular flexibility index (Phi) is 17.5. The van der Waals surface area contributed by atoms with Crippen LogP contribution in [0, 0.1) is 0 Å². The second-order valence-corrected chi connectivity index (χ2v) is 6.56. The van der Waals surface area contributed by atoms with E-state index in [4.69, 9.17) is 5.73 Å². The number of carbonyl (C=O) groups excluding carboxylic acids is 2. The minimum absolute atomic E-state index is 0.233. The molecule has 152 valence electrons. The summed E-state index contributed by atoms with van der Waals surface area (Å²) in [5.74, 6) is -1.18. The van der Waals surface area contributed by atoms with Crippen LogP contribution in [0.5, 0.6) is 0 Å². The Morgan fingerprint density at radius 1 is 0.815 bits per heavy atom. The number of rotatable bonds is 15. The van der Waals surface area contributed by atoms with E-state index >= 15 is 0 Å². The number of allylic oxidation sites excluding steroid dienone is 8. The average Bonchev–Trinajstić information content (AvgIpc) is 2.64. The molecule has 0 aliphatic heterocycles. The maximum Gasteiger partial charge on any atom is 0.330 e. The van der Waals surface area contributed by atoms with Gasteiger partial charge in [0.05, 0.1) is 0 Å². The van der Waals surface area contributed by atoms with Gasteiger partial charge in [0, 0.05) is 6.42 Å². The molecule has 0 unspecified atom stereocenters. The van der Waals surface area contributed by atoms with Gasteiger partial charge >= 0.3 is 11.9 Å². The van der Waals surface area contributed by atoms with Gasteiger partial charge < -0.3 is 10.5 Å². The lowest BCUT2D eigenvalue weighted by Gasteiger charge is -2.04. The largest absolute Gasteiger partial charge is 0.392 e. The minimum atomic E-state index is -0.762. The van der Waals surface area contributed by atoms with Crippen LogP contribution in [-0.4, -0.2) is 18.0 Å². The molecule has 4 nitrogen and oxygen atoms in total. The van der Waals surface area contributed by atoms with E-state index in [0.29, 0.717) is 6.42 Å². The lowest BCUT2D eigenvalue weighted by Crippen LogP contribution is -2.30. The van der Waals surface area contributed by atoms with Gasteiger partial charge in [0.25, 0.3) is 0 Å². The fraction of sp³-hybridized carbons (Fsp3) is 0.565. The van der Waals surface area contributed by atoms with Crippen molar-refractivity contribution in [2.24, 2.45) is 5.73 Å². The molecule has 0 aliphatic carbocycles. The van der Waals surface area contributed by atoms with Crippen molar-refractivity contribution in [2.75, 3.05) is 0 Å². The number of hydrogen-bond acceptors (Lipinski definition) is 4. The highest BCUT2D eigenvalue weighted by atomic mass is 16.6. The molecule has 0 aliphatic rings. The third-order valence-electron chi connectivity index (χ3n) is 3.80. The van der Waals surface area contributed by atoms with Crippen LogP contribution in [0.2, 0.25) is 0 Å². The Morgan fingerprint density at radius 2 is 1.30 bits per heavy atom. The molecular weight excluding hydrogens is 338 g/mol. The first-order valence-electron chi connectivity index (χ1n) is 10.2. The van der Waals surface area contributed by atoms with E-state index in [1.165, 1.54) is 32.6 Å². The van der Waals surface area contributed by atoms with Crippen LogP contribution in [0.1, 0.15) is 78.1 Å². The van der Waals surface area contributed by atoms with Gasteiger partial charge in [0.2, 0.25) is 0 Å². The van der Waals surface area contributed by atoms with Crippen molar-refractivity contribution in [3.05, 3.63) is 48.6 Å². The van der Waals surface area contributed by atoms with E-state index in [1.54, 1.807) is 0 Å². The van der Waals surface area contributed by atoms with Gasteiger partial charge in [-0.05, 0) is 51.9 Å². The molecule has 0 aromatic rings. The summed E-state index contributed by atoms with van der Waals surface area (Å²) in [7, 11) is 0. The Labute approximate surface area is 165 Å². The highest BCUT2D eigenvalue weighted by Gasteiger charge is 2.13. The molecule has 0 rings (SSSR count). The lowest BCUT2D eigenvalue weighted by atomic mass is 10.2. The number of ether oxygens (including phenoxy) is 1. The topological polar surface area (TPSA) is 69.4 Å². The van der Waals surface area contributed by atoms with E-state index in [0.717, 1.165) is 25.7 Å². The molecule has 0 saturated carbocycles. The molecule has 0 radical (unpaired) electrons. The summed E-state index contributed by atoms with van der Waals surface area (Å²) < 4.78 is 4.59. The van der Waals surface area contributed by atoms with E-state index < -0.39 is 18.0 Å². The van der Waals surface area contributed by atoms with Gasteiger partial charge in [0.1, 0.15) is 6.04 Å². The first-order valence-corrected chi connectivity index (χ1v) is 10.2. The number of carbonyl (C=O) groups is 2. The minimum Gasteiger partial charge on any atom is -0.392 e. The molecule has 0 heterocycles. The number of unbranched alkanes of at least 4 members (excludes halogenated alkanes) is 4. The molecule has 2 N–H and O–H groups in total. The Hall–Kier alpha value is -1.94. The molecule has 0 fully saturated rings. The van der Waals surface area contributed by atoms with E-state index in [-0.39, 0.29) is 6.42 Å². The summed E-state index contributed by atoms with van der Waals surface area (Å²) in [5.41, 5.74) is 5.33. The van der Waals surface area contributed by atoms with Crippen molar-refractivity contribution in [2.45, 2.75) is 84.1 Å². The summed E-state index contributed by atoms with van der Waals surface area (Å²) in [6.07, 6.45) is 27.0. The average molecular weight is 376 g/mol. The zero-order chi connectivity index (χ0) is 20.2. The van der Waals surface area contributed by atoms with Crippen LogP contribution in [0.4, 0.5) is 0 Å². The first-order chi connectivity index (χ1) is 13.1. The van der Waals surface area contributed by atoms with Crippen LogP contribution >= 0.6 is 0 Å². The molecule has 0 aromatic heterocycles. The smallest absolute Gasteiger partial charge is 0.330 e. The zero-order valence-corrected chi connectivity index (χ0v) is 17.1. The maximum absolute atomic E-state index is 11.4. The summed E-state index contributed by atoms with van der Waals surface area (Å²) in [6, 6.07) is -0.762. The highest BCUT2D eigenvalue weighted by molar-refractivity contribution is 5.87. The van der Waals surface area contributed by atoms with Crippen LogP contribution in [-0.2, 0) is 14.3 Å². The third-order valence-corrected chi connectivity index (χ3v) is 3.80. The Bertz CT molecular complexity index is 502. The Balaban J connectivity index is 3.56. The van der Waals surface area contributed by atoms with Crippen LogP contribution < -0.4 is 5.73 Å². The van der Waals surface area contributed by atoms with Gasteiger partial charge in [-0.1, -0.05) is 68.4 Å². The predicted octanol–water partition coefficient (Wildman–Crippen LogP) is 5.55. The molecule has 0 saturated heterocycles. The van der Waals surface area contributed by atoms with Gasteiger partial charge in [-0.3, -0.25) is 4.79 Å². The fourth-order valence-corrected chi connectivity index (χ4v) is 2.18. The van der Waals surface area contributed by atoms with Gasteiger partial charge in [-0.25, -0.2) is 4.79 Å². The molecule has 0 bridgehead atoms. The summed E-state index contributed by atoms with van der Waals surface area (Å²) in [4.78, 5) is 22.5. The molecule has 1 atom stereocenters. The SMILES string of the molecule is CCCCCC=CCC=CCC=CCC=CCCCC(=O)OC(=O)[C@H](C)N. The van der Waals surface area contributed by atoms with Crippen LogP contribution in [0.15, 0.2) is 48.6 Å². The van der Waals surface area contributed by atoms with Crippen LogP contribution in [0.3, 0.4) is 0 Å². The molecular formula is C23H37NO3. The van der Waals surface area contributed by atoms with Crippen molar-refractivity contribution in [1.29, 1.82) is 0 Å². The van der Waals surface area contributed by atoms with Gasteiger partial charge in [-0.2, -0.15) is 0 Å². The molecule has 0 spiro atoms. The summed E-state index contributed by atoms with van der Waals surface area (Å²) >= 11 is 0. The highest BCUT2D eigenvalue weighted by Crippen LogP contribution is 2.02. The second-order valence-electron chi connectivity index (χ2n) is 6.56. The zero-order valence-electron chi connectivity index (χ0n) is 17.1. The van der Waals surface area contributed by atoms with E-state index in [9.17, 15) is 9.59 Å². The van der Waals surface area contributed by atoms with Gasteiger partial charge in [-0.15, -0.1) is 0 Å². The van der Waals surface area contributed by atoms with Crippen molar-refractivity contribution < 1.29 is 14.3 Å². The number of hydrogen-bond donors (Lipinski definition) is 1. The number of nitrogens with two attached hydrogens (primary N) is 1. The lowest BCUT2D eigenvalue weighted by molar-refractivity contribution is -0.160. The third kappa shape index (κ3) is 18.6. The first kappa shape index (κ1) is 25.1. The van der Waals surface area contributed by atoms with Crippen molar-refractivity contribution in [1.82, 2.24) is 0 Å². The molecule has 0 amide bonds. The quantitative estimate of drug-likeness (QED) is 0.176. The second kappa shape index (κ2) is 18.8. The number of esters is 2. The maximum atomic E-state index is 11.4. The monoisotopic (exact) mass is 375 g/mol. The summed E-state index contributed by atoms with van der Waals surface area (Å²) in [6.45, 7) is 3.72. The predicted molar refractivity (Wildman–Crippen MR) is 113 cm³/mol. The van der Waals surface area contributed by atoms with E-state index in [2.05, 4.69) is 54.2 Å². The normalized spacial score (nSPS) is 13.3.